The van der Waals surface area contributed by atoms with E-state index in [4.69, 9.17) is 34.5 Å². The zero-order valence-corrected chi connectivity index (χ0v) is 17.7. The average molecular weight is 438 g/mol. The Morgan fingerprint density at radius 2 is 0.971 bits per heavy atom. The highest BCUT2D eigenvalue weighted by Crippen LogP contribution is 2.35. The molecule has 34 heavy (non-hydrogen) atoms. The van der Waals surface area contributed by atoms with Gasteiger partial charge in [-0.2, -0.15) is 5.26 Å². The maximum atomic E-state index is 9.04. The van der Waals surface area contributed by atoms with Crippen LogP contribution in [0, 0.1) is 31.0 Å². The minimum Gasteiger partial charge on any atom is -0.459 e. The van der Waals surface area contributed by atoms with Crippen molar-refractivity contribution in [3.8, 4) is 40.2 Å². The Balaban J connectivity index is 1.46. The summed E-state index contributed by atoms with van der Waals surface area (Å²) in [7, 11) is 0. The fourth-order valence-corrected chi connectivity index (χ4v) is 3.22. The van der Waals surface area contributed by atoms with Gasteiger partial charge in [0.15, 0.2) is 11.4 Å². The van der Waals surface area contributed by atoms with E-state index in [1.165, 1.54) is 0 Å². The molecule has 0 aliphatic heterocycles. The molecule has 4 aromatic rings. The number of nitrogens with zero attached hydrogens (tertiary/aromatic N) is 4. The fourth-order valence-electron chi connectivity index (χ4n) is 3.22. The van der Waals surface area contributed by atoms with Crippen molar-refractivity contribution in [1.29, 1.82) is 5.26 Å². The number of hydrogen-bond donors (Lipinski definition) is 0. The van der Waals surface area contributed by atoms with Crippen LogP contribution in [0.1, 0.15) is 5.56 Å². The summed E-state index contributed by atoms with van der Waals surface area (Å²) < 4.78 is 11.6. The second kappa shape index (κ2) is 9.71. The van der Waals surface area contributed by atoms with Crippen molar-refractivity contribution in [3.05, 3.63) is 125 Å². The molecular weight excluding hydrogens is 424 g/mol. The first-order valence-corrected chi connectivity index (χ1v) is 10.0. The normalized spacial score (nSPS) is 9.65. The Morgan fingerprint density at radius 1 is 0.529 bits per heavy atom. The molecule has 0 bridgehead atoms. The molecule has 6 heteroatoms. The number of rotatable bonds is 5. The van der Waals surface area contributed by atoms with Crippen molar-refractivity contribution in [1.82, 2.24) is 0 Å². The molecule has 0 atom stereocenters. The first-order valence-electron chi connectivity index (χ1n) is 10.0. The standard InChI is InChI=1S/C28H14N4O2/c1-30-26-15-14-25(17-28(26)32-3)34-23-11-6-20(7-12-23)19-4-9-22(10-5-19)33-24-13-8-21(18-29)27(16-24)31-2/h4-17H. The van der Waals surface area contributed by atoms with Crippen LogP contribution in [0.15, 0.2) is 84.9 Å². The van der Waals surface area contributed by atoms with E-state index in [-0.39, 0.29) is 11.4 Å². The minimum atomic E-state index is 0.256. The van der Waals surface area contributed by atoms with Crippen molar-refractivity contribution in [2.75, 3.05) is 0 Å². The number of benzene rings is 4. The first kappa shape index (κ1) is 21.7. The molecule has 0 spiro atoms. The average Bonchev–Trinajstić information content (AvgIpc) is 2.89. The third-order valence-electron chi connectivity index (χ3n) is 4.91. The van der Waals surface area contributed by atoms with Gasteiger partial charge in [-0.1, -0.05) is 36.4 Å². The van der Waals surface area contributed by atoms with E-state index in [9.17, 15) is 0 Å². The molecule has 0 fully saturated rings. The molecule has 158 valence electrons. The lowest BCUT2D eigenvalue weighted by Crippen LogP contribution is -1.86. The van der Waals surface area contributed by atoms with Crippen molar-refractivity contribution in [2.24, 2.45) is 0 Å². The van der Waals surface area contributed by atoms with Crippen LogP contribution in [0.3, 0.4) is 0 Å². The SMILES string of the molecule is [C-]#[N+]c1cc(Oc2ccc(-c3ccc(Oc4ccc([N+]#[C-])c([N+]#[C-])c4)cc3)cc2)ccc1C#N. The molecule has 0 heterocycles. The Hall–Kier alpha value is -5.56. The van der Waals surface area contributed by atoms with E-state index in [1.807, 2.05) is 54.6 Å². The van der Waals surface area contributed by atoms with Gasteiger partial charge in [-0.25, -0.2) is 9.69 Å². The van der Waals surface area contributed by atoms with Crippen LogP contribution < -0.4 is 9.47 Å². The predicted octanol–water partition coefficient (Wildman–Crippen LogP) is 8.46. The number of hydrogen-bond acceptors (Lipinski definition) is 3. The highest BCUT2D eigenvalue weighted by Gasteiger charge is 2.07. The Kier molecular flexibility index (Phi) is 6.19. The van der Waals surface area contributed by atoms with Gasteiger partial charge in [-0.05, 0) is 59.7 Å². The molecule has 0 radical (unpaired) electrons. The second-order valence-electron chi connectivity index (χ2n) is 7.03. The van der Waals surface area contributed by atoms with E-state index < -0.39 is 0 Å². The number of ether oxygens (including phenoxy) is 2. The topological polar surface area (TPSA) is 55.3 Å². The molecule has 4 rings (SSSR count). The van der Waals surface area contributed by atoms with Gasteiger partial charge >= 0.3 is 0 Å². The van der Waals surface area contributed by atoms with Crippen LogP contribution in [0.4, 0.5) is 17.1 Å². The van der Waals surface area contributed by atoms with Crippen LogP contribution in [0.2, 0.25) is 0 Å². The van der Waals surface area contributed by atoms with Crippen LogP contribution in [0.5, 0.6) is 23.0 Å². The summed E-state index contributed by atoms with van der Waals surface area (Å²) in [4.78, 5) is 10.1. The summed E-state index contributed by atoms with van der Waals surface area (Å²) in [6, 6.07) is 26.6. The Labute approximate surface area is 196 Å². The number of nitriles is 1. The third-order valence-corrected chi connectivity index (χ3v) is 4.91. The molecule has 0 saturated carbocycles. The van der Waals surface area contributed by atoms with Gasteiger partial charge in [0.2, 0.25) is 5.69 Å². The summed E-state index contributed by atoms with van der Waals surface area (Å²) >= 11 is 0. The molecule has 0 aliphatic rings. The second-order valence-corrected chi connectivity index (χ2v) is 7.03. The zero-order chi connectivity index (χ0) is 23.9. The van der Waals surface area contributed by atoms with E-state index in [2.05, 4.69) is 14.5 Å². The Morgan fingerprint density at radius 3 is 1.44 bits per heavy atom. The lowest BCUT2D eigenvalue weighted by molar-refractivity contribution is 0.482. The summed E-state index contributed by atoms with van der Waals surface area (Å²) in [5, 5.41) is 9.04. The molecule has 0 unspecified atom stereocenters. The molecule has 0 N–H and O–H groups in total. The van der Waals surface area contributed by atoms with E-state index >= 15 is 0 Å². The monoisotopic (exact) mass is 438 g/mol. The zero-order valence-electron chi connectivity index (χ0n) is 17.7. The molecule has 0 aromatic heterocycles. The van der Waals surface area contributed by atoms with E-state index in [0.29, 0.717) is 34.2 Å². The maximum absolute atomic E-state index is 9.04. The smallest absolute Gasteiger partial charge is 0.208 e. The summed E-state index contributed by atoms with van der Waals surface area (Å²) in [6.45, 7) is 21.5. The van der Waals surface area contributed by atoms with Gasteiger partial charge < -0.3 is 9.47 Å². The van der Waals surface area contributed by atoms with E-state index in [0.717, 1.165) is 11.1 Å². The van der Waals surface area contributed by atoms with Crippen molar-refractivity contribution in [3.63, 3.8) is 0 Å². The van der Waals surface area contributed by atoms with Gasteiger partial charge in [0, 0.05) is 0 Å². The predicted molar refractivity (Wildman–Crippen MR) is 128 cm³/mol. The van der Waals surface area contributed by atoms with Crippen LogP contribution in [0.25, 0.3) is 25.7 Å². The van der Waals surface area contributed by atoms with Gasteiger partial charge in [-0.3, -0.25) is 4.85 Å². The Bertz CT molecular complexity index is 1410. The quantitative estimate of drug-likeness (QED) is 0.294. The van der Waals surface area contributed by atoms with Gasteiger partial charge in [0.25, 0.3) is 0 Å². The molecular formula is C28H14N4O2. The highest BCUT2D eigenvalue weighted by atomic mass is 16.5. The fraction of sp³-hybridized carbons (Fsp3) is 0. The van der Waals surface area contributed by atoms with Crippen LogP contribution in [-0.2, 0) is 0 Å². The third kappa shape index (κ3) is 4.68. The lowest BCUT2D eigenvalue weighted by atomic mass is 10.1. The molecule has 0 aliphatic carbocycles. The van der Waals surface area contributed by atoms with Gasteiger partial charge in [0.05, 0.1) is 31.3 Å². The maximum Gasteiger partial charge on any atom is 0.208 e. The summed E-state index contributed by atoms with van der Waals surface area (Å²) in [5.41, 5.74) is 3.10. The van der Waals surface area contributed by atoms with Crippen molar-refractivity contribution in [2.45, 2.75) is 0 Å². The molecule has 6 nitrogen and oxygen atoms in total. The van der Waals surface area contributed by atoms with Gasteiger partial charge in [0.1, 0.15) is 23.0 Å². The summed E-state index contributed by atoms with van der Waals surface area (Å²) in [6.07, 6.45) is 0. The van der Waals surface area contributed by atoms with Crippen molar-refractivity contribution < 1.29 is 9.47 Å². The van der Waals surface area contributed by atoms with Crippen LogP contribution >= 0.6 is 0 Å². The van der Waals surface area contributed by atoms with Crippen molar-refractivity contribution >= 4 is 17.1 Å². The minimum absolute atomic E-state index is 0.256. The molecule has 4 aromatic carbocycles. The lowest BCUT2D eigenvalue weighted by Gasteiger charge is -2.10. The molecule has 0 amide bonds. The first-order chi connectivity index (χ1) is 16.6. The van der Waals surface area contributed by atoms with Crippen LogP contribution in [-0.4, -0.2) is 0 Å². The van der Waals surface area contributed by atoms with E-state index in [1.54, 1.807) is 36.4 Å². The largest absolute Gasteiger partial charge is 0.459 e. The molecule has 0 saturated heterocycles. The van der Waals surface area contributed by atoms with Gasteiger partial charge in [-0.15, -0.1) is 0 Å². The summed E-state index contributed by atoms with van der Waals surface area (Å²) in [5.74, 6) is 2.22. The highest BCUT2D eigenvalue weighted by molar-refractivity contribution is 5.72.